The maximum Gasteiger partial charge on any atom is 0.418 e. The Morgan fingerprint density at radius 3 is 2.18 bits per heavy atom. The Morgan fingerprint density at radius 1 is 0.909 bits per heavy atom. The lowest BCUT2D eigenvalue weighted by molar-refractivity contribution is -0.139. The van der Waals surface area contributed by atoms with Crippen LogP contribution in [0.4, 0.5) is 31.1 Å². The Hall–Kier alpha value is -3.27. The van der Waals surface area contributed by atoms with E-state index in [1.807, 2.05) is 0 Å². The van der Waals surface area contributed by atoms with Gasteiger partial charge in [-0.2, -0.15) is 26.3 Å². The summed E-state index contributed by atoms with van der Waals surface area (Å²) < 4.78 is 79.4. The van der Waals surface area contributed by atoms with Gasteiger partial charge < -0.3 is 10.6 Å². The third-order valence-electron chi connectivity index (χ3n) is 4.66. The minimum atomic E-state index is -4.80. The molecule has 0 fully saturated rings. The van der Waals surface area contributed by atoms with Crippen molar-refractivity contribution in [2.24, 2.45) is 0 Å². The lowest BCUT2D eigenvalue weighted by Crippen LogP contribution is -2.39. The number of alkyl halides is 6. The number of benzene rings is 2. The van der Waals surface area contributed by atoms with Gasteiger partial charge in [0.25, 0.3) is 0 Å². The van der Waals surface area contributed by atoms with Gasteiger partial charge in [0, 0.05) is 17.8 Å². The van der Waals surface area contributed by atoms with Gasteiger partial charge in [-0.25, -0.2) is 4.79 Å². The molecule has 2 aromatic carbocycles. The van der Waals surface area contributed by atoms with E-state index in [1.54, 1.807) is 24.3 Å². The van der Waals surface area contributed by atoms with E-state index in [2.05, 4.69) is 15.6 Å². The highest BCUT2D eigenvalue weighted by Gasteiger charge is 2.37. The quantitative estimate of drug-likeness (QED) is 0.411. The van der Waals surface area contributed by atoms with Crippen LogP contribution in [0.3, 0.4) is 0 Å². The van der Waals surface area contributed by atoms with Crippen molar-refractivity contribution >= 4 is 17.6 Å². The molecule has 0 saturated heterocycles. The second kappa shape index (κ2) is 9.70. The third kappa shape index (κ3) is 6.16. The molecular weight excluding hydrogens is 472 g/mol. The average molecular weight is 488 g/mol. The first-order chi connectivity index (χ1) is 15.5. The third-order valence-corrected chi connectivity index (χ3v) is 5.03. The topological polar surface area (TPSA) is 54.0 Å². The number of amides is 2. The van der Waals surface area contributed by atoms with Gasteiger partial charge in [-0.1, -0.05) is 41.9 Å². The second-order valence-corrected chi connectivity index (χ2v) is 7.31. The van der Waals surface area contributed by atoms with Crippen molar-refractivity contribution in [3.05, 3.63) is 99.8 Å². The molecule has 174 valence electrons. The average Bonchev–Trinajstić information content (AvgIpc) is 2.76. The van der Waals surface area contributed by atoms with Gasteiger partial charge in [-0.05, 0) is 41.5 Å². The van der Waals surface area contributed by atoms with Crippen molar-refractivity contribution in [2.45, 2.75) is 24.9 Å². The van der Waals surface area contributed by atoms with E-state index < -0.39 is 41.2 Å². The van der Waals surface area contributed by atoms with Crippen molar-refractivity contribution in [2.75, 3.05) is 0 Å². The van der Waals surface area contributed by atoms with Crippen LogP contribution in [0, 0.1) is 0 Å². The number of nitrogens with zero attached hydrogens (tertiary/aromatic N) is 1. The molecule has 0 saturated carbocycles. The molecule has 2 N–H and O–H groups in total. The molecule has 3 aromatic rings. The van der Waals surface area contributed by atoms with Crippen LogP contribution in [-0.2, 0) is 18.9 Å². The van der Waals surface area contributed by atoms with E-state index in [4.69, 9.17) is 11.6 Å². The molecule has 4 nitrogen and oxygen atoms in total. The first kappa shape index (κ1) is 24.4. The van der Waals surface area contributed by atoms with Gasteiger partial charge in [0.05, 0.1) is 22.9 Å². The number of hydrogen-bond acceptors (Lipinski definition) is 2. The molecule has 1 atom stereocenters. The zero-order valence-electron chi connectivity index (χ0n) is 16.6. The lowest BCUT2D eigenvalue weighted by atomic mass is 9.98. The standard InChI is InChI=1S/C22H16ClF6N3O/c23-17-6-2-1-4-14(17)12-31-20(33)32-18(13-7-9-15(10-8-13)21(24,25)26)19-16(22(27,28)29)5-3-11-30-19/h1-11,18H,12H2,(H2,31,32,33). The van der Waals surface area contributed by atoms with Gasteiger partial charge in [0.1, 0.15) is 0 Å². The van der Waals surface area contributed by atoms with Crippen LogP contribution < -0.4 is 10.6 Å². The molecule has 1 aromatic heterocycles. The Balaban J connectivity index is 1.93. The van der Waals surface area contributed by atoms with Gasteiger partial charge in [0.2, 0.25) is 0 Å². The highest BCUT2D eigenvalue weighted by atomic mass is 35.5. The highest BCUT2D eigenvalue weighted by Crippen LogP contribution is 2.36. The molecule has 0 radical (unpaired) electrons. The Bertz CT molecular complexity index is 1120. The van der Waals surface area contributed by atoms with Gasteiger partial charge >= 0.3 is 18.4 Å². The fraction of sp³-hybridized carbons (Fsp3) is 0.182. The molecule has 0 aliphatic heterocycles. The highest BCUT2D eigenvalue weighted by molar-refractivity contribution is 6.31. The molecule has 0 aliphatic carbocycles. The smallest absolute Gasteiger partial charge is 0.334 e. The molecule has 0 bridgehead atoms. The molecule has 1 heterocycles. The minimum Gasteiger partial charge on any atom is -0.334 e. The summed E-state index contributed by atoms with van der Waals surface area (Å²) in [5.41, 5.74) is -2.11. The molecular formula is C22H16ClF6N3O. The Morgan fingerprint density at radius 2 is 1.58 bits per heavy atom. The normalized spacial score (nSPS) is 12.8. The van der Waals surface area contributed by atoms with E-state index in [9.17, 15) is 31.1 Å². The summed E-state index contributed by atoms with van der Waals surface area (Å²) in [7, 11) is 0. The summed E-state index contributed by atoms with van der Waals surface area (Å²) in [6.45, 7) is -0.0282. The fourth-order valence-electron chi connectivity index (χ4n) is 3.06. The van der Waals surface area contributed by atoms with Crippen LogP contribution >= 0.6 is 11.6 Å². The first-order valence-corrected chi connectivity index (χ1v) is 9.81. The zero-order chi connectivity index (χ0) is 24.2. The minimum absolute atomic E-state index is 0.0138. The molecule has 3 rings (SSSR count). The maximum atomic E-state index is 13.6. The summed E-state index contributed by atoms with van der Waals surface area (Å²) in [6.07, 6.45) is -8.33. The molecule has 2 amide bonds. The molecule has 11 heteroatoms. The van der Waals surface area contributed by atoms with Crippen molar-refractivity contribution in [1.82, 2.24) is 15.6 Å². The summed E-state index contributed by atoms with van der Waals surface area (Å²) in [5.74, 6) is 0. The predicted molar refractivity (Wildman–Crippen MR) is 109 cm³/mol. The van der Waals surface area contributed by atoms with E-state index in [0.29, 0.717) is 10.6 Å². The number of carbonyl (C=O) groups excluding carboxylic acids is 1. The van der Waals surface area contributed by atoms with Crippen LogP contribution in [0.15, 0.2) is 66.9 Å². The van der Waals surface area contributed by atoms with Gasteiger partial charge in [0.15, 0.2) is 0 Å². The van der Waals surface area contributed by atoms with E-state index in [0.717, 1.165) is 42.6 Å². The van der Waals surface area contributed by atoms with Crippen LogP contribution in [0.1, 0.15) is 34.0 Å². The number of aromatic nitrogens is 1. The monoisotopic (exact) mass is 487 g/mol. The zero-order valence-corrected chi connectivity index (χ0v) is 17.4. The Labute approximate surface area is 189 Å². The number of pyridine rings is 1. The summed E-state index contributed by atoms with van der Waals surface area (Å²) in [6, 6.07) is 9.59. The Kier molecular flexibility index (Phi) is 7.16. The SMILES string of the molecule is O=C(NCc1ccccc1Cl)NC(c1ccc(C(F)(F)F)cc1)c1ncccc1C(F)(F)F. The van der Waals surface area contributed by atoms with E-state index in [1.165, 1.54) is 0 Å². The number of carbonyl (C=O) groups is 1. The summed E-state index contributed by atoms with van der Waals surface area (Å²) in [5, 5.41) is 5.23. The number of rotatable bonds is 5. The first-order valence-electron chi connectivity index (χ1n) is 9.44. The van der Waals surface area contributed by atoms with Crippen molar-refractivity contribution in [1.29, 1.82) is 0 Å². The number of hydrogen-bond donors (Lipinski definition) is 2. The van der Waals surface area contributed by atoms with Crippen LogP contribution in [-0.4, -0.2) is 11.0 Å². The number of urea groups is 1. The molecule has 0 spiro atoms. The fourth-order valence-corrected chi connectivity index (χ4v) is 3.26. The number of halogens is 7. The molecule has 1 unspecified atom stereocenters. The van der Waals surface area contributed by atoms with E-state index >= 15 is 0 Å². The number of nitrogens with one attached hydrogen (secondary N) is 2. The van der Waals surface area contributed by atoms with Crippen molar-refractivity contribution in [3.63, 3.8) is 0 Å². The molecule has 0 aliphatic rings. The maximum absolute atomic E-state index is 13.6. The molecule has 33 heavy (non-hydrogen) atoms. The largest absolute Gasteiger partial charge is 0.418 e. The summed E-state index contributed by atoms with van der Waals surface area (Å²) in [4.78, 5) is 16.3. The van der Waals surface area contributed by atoms with Crippen molar-refractivity contribution in [3.8, 4) is 0 Å². The van der Waals surface area contributed by atoms with Gasteiger partial charge in [-0.3, -0.25) is 4.98 Å². The summed E-state index contributed by atoms with van der Waals surface area (Å²) >= 11 is 6.03. The van der Waals surface area contributed by atoms with Crippen LogP contribution in [0.5, 0.6) is 0 Å². The van der Waals surface area contributed by atoms with Gasteiger partial charge in [-0.15, -0.1) is 0 Å². The van der Waals surface area contributed by atoms with Crippen LogP contribution in [0.25, 0.3) is 0 Å². The van der Waals surface area contributed by atoms with Crippen molar-refractivity contribution < 1.29 is 31.1 Å². The second-order valence-electron chi connectivity index (χ2n) is 6.91. The predicted octanol–water partition coefficient (Wildman–Crippen LogP) is 6.36. The van der Waals surface area contributed by atoms with E-state index in [-0.39, 0.29) is 12.1 Å². The van der Waals surface area contributed by atoms with Crippen LogP contribution in [0.2, 0.25) is 5.02 Å². The lowest BCUT2D eigenvalue weighted by Gasteiger charge is -2.23.